The number of nitrogens with one attached hydrogen (secondary N) is 1. The van der Waals surface area contributed by atoms with Gasteiger partial charge in [-0.1, -0.05) is 34.1 Å². The normalized spacial score (nSPS) is 11.9. The topological polar surface area (TPSA) is 81.1 Å². The molecule has 4 nitrogen and oxygen atoms in total. The zero-order valence-corrected chi connectivity index (χ0v) is 12.6. The lowest BCUT2D eigenvalue weighted by molar-refractivity contribution is 0.100. The van der Waals surface area contributed by atoms with Crippen molar-refractivity contribution in [3.05, 3.63) is 58.1 Å². The minimum Gasteiger partial charge on any atom is -0.397 e. The molecule has 2 rings (SSSR count). The summed E-state index contributed by atoms with van der Waals surface area (Å²) in [7, 11) is 0. The smallest absolute Gasteiger partial charge is 0.250 e. The van der Waals surface area contributed by atoms with Gasteiger partial charge in [-0.3, -0.25) is 4.79 Å². The molecule has 0 aliphatic rings. The van der Waals surface area contributed by atoms with Gasteiger partial charge in [0.25, 0.3) is 5.91 Å². The number of benzene rings is 2. The van der Waals surface area contributed by atoms with Crippen LogP contribution in [0.15, 0.2) is 46.9 Å². The summed E-state index contributed by atoms with van der Waals surface area (Å²) < 4.78 is 1.000. The number of amides is 1. The van der Waals surface area contributed by atoms with Gasteiger partial charge in [0.2, 0.25) is 0 Å². The fraction of sp³-hybridized carbons (Fsp3) is 0.133. The molecule has 2 aromatic carbocycles. The van der Waals surface area contributed by atoms with Crippen LogP contribution in [-0.4, -0.2) is 5.91 Å². The number of anilines is 2. The highest BCUT2D eigenvalue weighted by atomic mass is 79.9. The first-order valence-corrected chi connectivity index (χ1v) is 6.98. The minimum atomic E-state index is -0.499. The molecule has 1 amide bonds. The molecule has 0 saturated heterocycles. The van der Waals surface area contributed by atoms with Crippen LogP contribution in [0.5, 0.6) is 0 Å². The zero-order chi connectivity index (χ0) is 14.7. The number of hydrogen-bond acceptors (Lipinski definition) is 3. The Labute approximate surface area is 126 Å². The van der Waals surface area contributed by atoms with Crippen molar-refractivity contribution in [2.45, 2.75) is 13.0 Å². The number of rotatable bonds is 4. The standard InChI is InChI=1S/C15H16BrN3O/c1-9(10-4-2-5-11(16)8-10)19-14-12(15(18)20)6-3-7-13(14)17/h2-9,19H,17H2,1H3,(H2,18,20). The summed E-state index contributed by atoms with van der Waals surface area (Å²) in [5.74, 6) is -0.499. The molecule has 0 aliphatic heterocycles. The molecule has 0 heterocycles. The summed E-state index contributed by atoms with van der Waals surface area (Å²) in [5.41, 5.74) is 13.9. The van der Waals surface area contributed by atoms with Crippen LogP contribution in [0.1, 0.15) is 28.9 Å². The van der Waals surface area contributed by atoms with Crippen molar-refractivity contribution in [1.29, 1.82) is 0 Å². The van der Waals surface area contributed by atoms with E-state index >= 15 is 0 Å². The highest BCUT2D eigenvalue weighted by molar-refractivity contribution is 9.10. The van der Waals surface area contributed by atoms with Crippen LogP contribution in [0.3, 0.4) is 0 Å². The maximum atomic E-state index is 11.5. The van der Waals surface area contributed by atoms with Crippen LogP contribution < -0.4 is 16.8 Å². The lowest BCUT2D eigenvalue weighted by atomic mass is 10.1. The second kappa shape index (κ2) is 5.96. The Bertz CT molecular complexity index is 643. The van der Waals surface area contributed by atoms with Gasteiger partial charge in [0.15, 0.2) is 0 Å². The van der Waals surface area contributed by atoms with Gasteiger partial charge < -0.3 is 16.8 Å². The quantitative estimate of drug-likeness (QED) is 0.751. The van der Waals surface area contributed by atoms with E-state index in [-0.39, 0.29) is 6.04 Å². The summed E-state index contributed by atoms with van der Waals surface area (Å²) in [6, 6.07) is 13.0. The van der Waals surface area contributed by atoms with Gasteiger partial charge in [0, 0.05) is 10.5 Å². The average molecular weight is 334 g/mol. The van der Waals surface area contributed by atoms with Crippen molar-refractivity contribution >= 4 is 33.2 Å². The predicted molar refractivity (Wildman–Crippen MR) is 85.6 cm³/mol. The highest BCUT2D eigenvalue weighted by Gasteiger charge is 2.14. The monoisotopic (exact) mass is 333 g/mol. The molecule has 0 bridgehead atoms. The van der Waals surface area contributed by atoms with Crippen molar-refractivity contribution in [1.82, 2.24) is 0 Å². The summed E-state index contributed by atoms with van der Waals surface area (Å²) in [5, 5.41) is 3.26. The van der Waals surface area contributed by atoms with E-state index in [1.54, 1.807) is 18.2 Å². The molecule has 0 aromatic heterocycles. The molecule has 0 spiro atoms. The first-order valence-electron chi connectivity index (χ1n) is 6.19. The average Bonchev–Trinajstić information content (AvgIpc) is 2.40. The summed E-state index contributed by atoms with van der Waals surface area (Å²) >= 11 is 3.44. The molecule has 20 heavy (non-hydrogen) atoms. The van der Waals surface area contributed by atoms with Crippen LogP contribution >= 0.6 is 15.9 Å². The van der Waals surface area contributed by atoms with Gasteiger partial charge in [0.1, 0.15) is 0 Å². The van der Waals surface area contributed by atoms with E-state index in [1.807, 2.05) is 31.2 Å². The Balaban J connectivity index is 2.32. The van der Waals surface area contributed by atoms with Crippen molar-refractivity contribution < 1.29 is 4.79 Å². The number of primary amides is 1. The van der Waals surface area contributed by atoms with E-state index in [0.29, 0.717) is 16.9 Å². The largest absolute Gasteiger partial charge is 0.397 e. The maximum absolute atomic E-state index is 11.5. The van der Waals surface area contributed by atoms with Gasteiger partial charge in [-0.05, 0) is 36.8 Å². The second-order valence-electron chi connectivity index (χ2n) is 4.56. The third kappa shape index (κ3) is 3.11. The molecular weight excluding hydrogens is 318 g/mol. The lowest BCUT2D eigenvalue weighted by Gasteiger charge is -2.19. The van der Waals surface area contributed by atoms with Crippen molar-refractivity contribution in [2.75, 3.05) is 11.1 Å². The highest BCUT2D eigenvalue weighted by Crippen LogP contribution is 2.28. The first kappa shape index (κ1) is 14.4. The molecule has 5 N–H and O–H groups in total. The summed E-state index contributed by atoms with van der Waals surface area (Å²) in [6.07, 6.45) is 0. The third-order valence-corrected chi connectivity index (χ3v) is 3.56. The number of hydrogen-bond donors (Lipinski definition) is 3. The number of carbonyl (C=O) groups is 1. The van der Waals surface area contributed by atoms with Gasteiger partial charge in [-0.2, -0.15) is 0 Å². The van der Waals surface area contributed by atoms with Crippen LogP contribution in [-0.2, 0) is 0 Å². The van der Waals surface area contributed by atoms with Crippen molar-refractivity contribution in [3.63, 3.8) is 0 Å². The van der Waals surface area contributed by atoms with Crippen LogP contribution in [0, 0.1) is 0 Å². The van der Waals surface area contributed by atoms with Gasteiger partial charge >= 0.3 is 0 Å². The molecule has 1 unspecified atom stereocenters. The number of nitrogen functional groups attached to an aromatic ring is 1. The van der Waals surface area contributed by atoms with Crippen molar-refractivity contribution in [3.8, 4) is 0 Å². The van der Waals surface area contributed by atoms with Crippen LogP contribution in [0.4, 0.5) is 11.4 Å². The summed E-state index contributed by atoms with van der Waals surface area (Å²) in [4.78, 5) is 11.5. The van der Waals surface area contributed by atoms with E-state index in [4.69, 9.17) is 11.5 Å². The molecule has 104 valence electrons. The van der Waals surface area contributed by atoms with E-state index < -0.39 is 5.91 Å². The molecule has 2 aromatic rings. The third-order valence-electron chi connectivity index (χ3n) is 3.07. The number of para-hydroxylation sites is 1. The van der Waals surface area contributed by atoms with Gasteiger partial charge in [-0.25, -0.2) is 0 Å². The van der Waals surface area contributed by atoms with E-state index in [2.05, 4.69) is 21.2 Å². The predicted octanol–water partition coefficient (Wildman–Crippen LogP) is 3.30. The lowest BCUT2D eigenvalue weighted by Crippen LogP contribution is -2.17. The Morgan fingerprint density at radius 3 is 2.60 bits per heavy atom. The fourth-order valence-electron chi connectivity index (χ4n) is 2.01. The Morgan fingerprint density at radius 2 is 1.95 bits per heavy atom. The fourth-order valence-corrected chi connectivity index (χ4v) is 2.43. The number of nitrogens with two attached hydrogens (primary N) is 2. The zero-order valence-electron chi connectivity index (χ0n) is 11.1. The molecule has 0 fully saturated rings. The Hall–Kier alpha value is -2.01. The number of carbonyl (C=O) groups excluding carboxylic acids is 1. The SMILES string of the molecule is CC(Nc1c(N)cccc1C(N)=O)c1cccc(Br)c1. The van der Waals surface area contributed by atoms with E-state index in [1.165, 1.54) is 0 Å². The first-order chi connectivity index (χ1) is 9.49. The molecule has 0 aliphatic carbocycles. The number of halogens is 1. The molecular formula is C15H16BrN3O. The van der Waals surface area contributed by atoms with E-state index in [0.717, 1.165) is 10.0 Å². The van der Waals surface area contributed by atoms with E-state index in [9.17, 15) is 4.79 Å². The molecule has 0 radical (unpaired) electrons. The van der Waals surface area contributed by atoms with Gasteiger partial charge in [-0.15, -0.1) is 0 Å². The Morgan fingerprint density at radius 1 is 1.25 bits per heavy atom. The van der Waals surface area contributed by atoms with Crippen LogP contribution in [0.25, 0.3) is 0 Å². The molecule has 5 heteroatoms. The maximum Gasteiger partial charge on any atom is 0.250 e. The Kier molecular flexibility index (Phi) is 4.29. The van der Waals surface area contributed by atoms with Crippen LogP contribution in [0.2, 0.25) is 0 Å². The minimum absolute atomic E-state index is 0.00435. The second-order valence-corrected chi connectivity index (χ2v) is 5.47. The molecule has 0 saturated carbocycles. The molecule has 1 atom stereocenters. The summed E-state index contributed by atoms with van der Waals surface area (Å²) in [6.45, 7) is 2.00. The van der Waals surface area contributed by atoms with Crippen molar-refractivity contribution in [2.24, 2.45) is 5.73 Å². The van der Waals surface area contributed by atoms with Gasteiger partial charge in [0.05, 0.1) is 16.9 Å².